The molecule has 0 fully saturated rings. The number of aryl methyl sites for hydroxylation is 4. The van der Waals surface area contributed by atoms with Crippen LogP contribution in [0.4, 0.5) is 17.6 Å². The lowest BCUT2D eigenvalue weighted by Crippen LogP contribution is -2.02. The molecular weight excluding hydrogens is 668 g/mol. The van der Waals surface area contributed by atoms with E-state index in [-0.39, 0.29) is 17.9 Å². The zero-order chi connectivity index (χ0) is 37.1. The third-order valence-corrected chi connectivity index (χ3v) is 9.50. The standard InChI is InChI=1S/C44H54F4O4/c1-3-50-40-29-23-36(42(46)44(40)48)21-15-34-18-26-38(27-19-34)52-31-11-7-5-9-13-32(2)12-8-4-6-10-30-51-37-24-16-33(17-25-37)14-20-35-22-28-39(49)43(47)41(35)45/h16-19,22-29,32,49H,3-15,20-21,30-31H2,1-2H3. The number of unbranched alkanes of at least 4 members (excludes halogenated alkanes) is 6. The van der Waals surface area contributed by atoms with Crippen molar-refractivity contribution in [2.45, 2.75) is 104 Å². The van der Waals surface area contributed by atoms with E-state index in [1.807, 2.05) is 48.5 Å². The fourth-order valence-electron chi connectivity index (χ4n) is 6.29. The summed E-state index contributed by atoms with van der Waals surface area (Å²) in [5, 5.41) is 9.28. The summed E-state index contributed by atoms with van der Waals surface area (Å²) in [5.74, 6) is -2.28. The number of hydrogen-bond donors (Lipinski definition) is 1. The van der Waals surface area contributed by atoms with Gasteiger partial charge in [-0.05, 0) is 110 Å². The van der Waals surface area contributed by atoms with Crippen LogP contribution in [0, 0.1) is 29.2 Å². The first-order valence-electron chi connectivity index (χ1n) is 18.9. The minimum Gasteiger partial charge on any atom is -0.505 e. The average Bonchev–Trinajstić information content (AvgIpc) is 3.15. The van der Waals surface area contributed by atoms with Gasteiger partial charge in [-0.15, -0.1) is 0 Å². The number of benzene rings is 4. The fraction of sp³-hybridized carbons (Fsp3) is 0.455. The van der Waals surface area contributed by atoms with Crippen molar-refractivity contribution in [3.05, 3.63) is 118 Å². The highest BCUT2D eigenvalue weighted by Gasteiger charge is 2.15. The molecular formula is C44H54F4O4. The Balaban J connectivity index is 0.958. The van der Waals surface area contributed by atoms with Gasteiger partial charge in [0.25, 0.3) is 0 Å². The summed E-state index contributed by atoms with van der Waals surface area (Å²) < 4.78 is 73.0. The molecule has 0 saturated heterocycles. The molecule has 0 saturated carbocycles. The molecule has 0 aliphatic heterocycles. The lowest BCUT2D eigenvalue weighted by Gasteiger charge is -2.12. The third-order valence-electron chi connectivity index (χ3n) is 9.50. The van der Waals surface area contributed by atoms with Gasteiger partial charge in [-0.25, -0.2) is 8.78 Å². The molecule has 282 valence electrons. The molecule has 0 aliphatic rings. The second kappa shape index (κ2) is 22.0. The van der Waals surface area contributed by atoms with Crippen LogP contribution >= 0.6 is 0 Å². The molecule has 8 heteroatoms. The number of ether oxygens (including phenoxy) is 3. The molecule has 1 N–H and O–H groups in total. The average molecular weight is 723 g/mol. The Morgan fingerprint density at radius 3 is 1.46 bits per heavy atom. The van der Waals surface area contributed by atoms with E-state index in [2.05, 4.69) is 6.92 Å². The molecule has 4 aromatic rings. The van der Waals surface area contributed by atoms with Crippen molar-refractivity contribution in [1.29, 1.82) is 0 Å². The van der Waals surface area contributed by atoms with Crippen LogP contribution in [0.2, 0.25) is 0 Å². The Morgan fingerprint density at radius 2 is 0.962 bits per heavy atom. The maximum absolute atomic E-state index is 14.4. The van der Waals surface area contributed by atoms with E-state index >= 15 is 0 Å². The first-order valence-corrected chi connectivity index (χ1v) is 18.9. The second-order valence-electron chi connectivity index (χ2n) is 13.7. The number of phenolic OH excluding ortho intramolecular Hbond substituents is 1. The molecule has 4 rings (SSSR count). The van der Waals surface area contributed by atoms with Gasteiger partial charge in [0, 0.05) is 0 Å². The molecule has 0 aromatic heterocycles. The number of rotatable bonds is 24. The summed E-state index contributed by atoms with van der Waals surface area (Å²) in [6.45, 7) is 5.75. The molecule has 4 nitrogen and oxygen atoms in total. The van der Waals surface area contributed by atoms with E-state index in [4.69, 9.17) is 14.2 Å². The third kappa shape index (κ3) is 13.4. The van der Waals surface area contributed by atoms with E-state index in [1.54, 1.807) is 13.0 Å². The zero-order valence-corrected chi connectivity index (χ0v) is 30.7. The van der Waals surface area contributed by atoms with Crippen LogP contribution in [-0.2, 0) is 25.7 Å². The highest BCUT2D eigenvalue weighted by atomic mass is 19.2. The van der Waals surface area contributed by atoms with Crippen molar-refractivity contribution in [2.24, 2.45) is 5.92 Å². The van der Waals surface area contributed by atoms with Gasteiger partial charge in [-0.1, -0.05) is 94.7 Å². The molecule has 0 spiro atoms. The fourth-order valence-corrected chi connectivity index (χ4v) is 6.29. The molecule has 0 radical (unpaired) electrons. The minimum absolute atomic E-state index is 0.0480. The molecule has 0 aliphatic carbocycles. The summed E-state index contributed by atoms with van der Waals surface area (Å²) in [6.07, 6.45) is 13.7. The molecule has 52 heavy (non-hydrogen) atoms. The van der Waals surface area contributed by atoms with Gasteiger partial charge >= 0.3 is 0 Å². The summed E-state index contributed by atoms with van der Waals surface area (Å²) in [6, 6.07) is 21.3. The lowest BCUT2D eigenvalue weighted by atomic mass is 9.96. The number of phenols is 1. The summed E-state index contributed by atoms with van der Waals surface area (Å²) in [4.78, 5) is 0. The van der Waals surface area contributed by atoms with Crippen molar-refractivity contribution in [3.63, 3.8) is 0 Å². The molecule has 4 aromatic carbocycles. The van der Waals surface area contributed by atoms with Crippen LogP contribution in [0.3, 0.4) is 0 Å². The van der Waals surface area contributed by atoms with Gasteiger partial charge in [-0.2, -0.15) is 8.78 Å². The summed E-state index contributed by atoms with van der Waals surface area (Å²) in [7, 11) is 0. The van der Waals surface area contributed by atoms with Gasteiger partial charge in [0.05, 0.1) is 19.8 Å². The maximum atomic E-state index is 14.4. The molecule has 1 atom stereocenters. The number of hydrogen-bond acceptors (Lipinski definition) is 4. The van der Waals surface area contributed by atoms with Crippen LogP contribution in [-0.4, -0.2) is 24.9 Å². The van der Waals surface area contributed by atoms with E-state index in [9.17, 15) is 22.7 Å². The minimum atomic E-state index is -1.19. The Kier molecular flexibility index (Phi) is 17.2. The first-order chi connectivity index (χ1) is 25.2. The second-order valence-corrected chi connectivity index (χ2v) is 13.7. The molecule has 0 heterocycles. The van der Waals surface area contributed by atoms with Crippen molar-refractivity contribution >= 4 is 0 Å². The normalized spacial score (nSPS) is 11.8. The van der Waals surface area contributed by atoms with Gasteiger partial charge in [0.2, 0.25) is 11.6 Å². The topological polar surface area (TPSA) is 47.9 Å². The van der Waals surface area contributed by atoms with E-state index in [0.717, 1.165) is 54.2 Å². The van der Waals surface area contributed by atoms with Gasteiger partial charge in [-0.3, -0.25) is 0 Å². The highest BCUT2D eigenvalue weighted by molar-refractivity contribution is 5.34. The van der Waals surface area contributed by atoms with Gasteiger partial charge < -0.3 is 19.3 Å². The summed E-state index contributed by atoms with van der Waals surface area (Å²) >= 11 is 0. The molecule has 0 bridgehead atoms. The van der Waals surface area contributed by atoms with Crippen LogP contribution in [0.1, 0.15) is 100 Å². The number of halogens is 4. The SMILES string of the molecule is CCOc1ccc(CCc2ccc(OCCCCCCC(C)CCCCCCOc3ccc(CCc4ccc(O)c(F)c4F)cc3)cc2)c(F)c1F. The van der Waals surface area contributed by atoms with Crippen molar-refractivity contribution in [1.82, 2.24) is 0 Å². The van der Waals surface area contributed by atoms with Crippen LogP contribution in [0.5, 0.6) is 23.0 Å². The Hall–Kier alpha value is -4.20. The van der Waals surface area contributed by atoms with Crippen molar-refractivity contribution in [3.8, 4) is 23.0 Å². The number of aromatic hydroxyl groups is 1. The first kappa shape index (κ1) is 40.6. The van der Waals surface area contributed by atoms with Crippen molar-refractivity contribution in [2.75, 3.05) is 19.8 Å². The smallest absolute Gasteiger partial charge is 0.200 e. The lowest BCUT2D eigenvalue weighted by molar-refractivity contribution is 0.301. The van der Waals surface area contributed by atoms with E-state index in [0.29, 0.717) is 44.5 Å². The predicted octanol–water partition coefficient (Wildman–Crippen LogP) is 11.9. The Morgan fingerprint density at radius 1 is 0.500 bits per heavy atom. The van der Waals surface area contributed by atoms with Crippen LogP contribution in [0.25, 0.3) is 0 Å². The Bertz CT molecular complexity index is 1630. The van der Waals surface area contributed by atoms with E-state index < -0.39 is 29.0 Å². The molecule has 0 amide bonds. The van der Waals surface area contributed by atoms with Crippen LogP contribution < -0.4 is 14.2 Å². The van der Waals surface area contributed by atoms with Gasteiger partial charge in [0.1, 0.15) is 11.5 Å². The predicted molar refractivity (Wildman–Crippen MR) is 200 cm³/mol. The largest absolute Gasteiger partial charge is 0.505 e. The zero-order valence-electron chi connectivity index (χ0n) is 30.7. The van der Waals surface area contributed by atoms with Crippen LogP contribution in [0.15, 0.2) is 72.8 Å². The quantitative estimate of drug-likeness (QED) is 0.0578. The van der Waals surface area contributed by atoms with E-state index in [1.165, 1.54) is 56.7 Å². The monoisotopic (exact) mass is 722 g/mol. The molecule has 1 unspecified atom stereocenters. The highest BCUT2D eigenvalue weighted by Crippen LogP contribution is 2.25. The Labute approximate surface area is 307 Å². The van der Waals surface area contributed by atoms with Gasteiger partial charge in [0.15, 0.2) is 23.1 Å². The maximum Gasteiger partial charge on any atom is 0.200 e. The van der Waals surface area contributed by atoms with Crippen molar-refractivity contribution < 1.29 is 36.9 Å². The summed E-state index contributed by atoms with van der Waals surface area (Å²) in [5.41, 5.74) is 2.65.